The average Bonchev–Trinajstić information content (AvgIpc) is 2.77. The summed E-state index contributed by atoms with van der Waals surface area (Å²) in [7, 11) is -3.18. The first-order valence-corrected chi connectivity index (χ1v) is 9.29. The molecule has 5 heteroatoms. The van der Waals surface area contributed by atoms with Crippen molar-refractivity contribution in [3.8, 4) is 0 Å². The molecule has 0 saturated heterocycles. The van der Waals surface area contributed by atoms with Crippen molar-refractivity contribution < 1.29 is 8.42 Å². The van der Waals surface area contributed by atoms with Gasteiger partial charge in [-0.25, -0.2) is 13.1 Å². The molecule has 0 aliphatic heterocycles. The summed E-state index contributed by atoms with van der Waals surface area (Å²) >= 11 is 2.28. The summed E-state index contributed by atoms with van der Waals surface area (Å²) in [5, 5.41) is -0.370. The quantitative estimate of drug-likeness (QED) is 0.799. The van der Waals surface area contributed by atoms with Gasteiger partial charge < -0.3 is 0 Å². The van der Waals surface area contributed by atoms with Gasteiger partial charge in [0.1, 0.15) is 0 Å². The van der Waals surface area contributed by atoms with Crippen LogP contribution in [0.5, 0.6) is 0 Å². The summed E-state index contributed by atoms with van der Waals surface area (Å²) in [5.74, 6) is 0.311. The number of halogens is 1. The molecule has 1 aliphatic carbocycles. The molecule has 1 fully saturated rings. The van der Waals surface area contributed by atoms with E-state index in [0.29, 0.717) is 5.92 Å². The molecule has 1 aromatic rings. The first-order valence-electron chi connectivity index (χ1n) is 6.67. The third kappa shape index (κ3) is 3.70. The molecule has 1 aliphatic rings. The Morgan fingerprint density at radius 2 is 1.84 bits per heavy atom. The van der Waals surface area contributed by atoms with Gasteiger partial charge in [-0.15, -0.1) is 0 Å². The van der Waals surface area contributed by atoms with E-state index in [1.165, 1.54) is 9.13 Å². The highest BCUT2D eigenvalue weighted by Gasteiger charge is 2.32. The van der Waals surface area contributed by atoms with Gasteiger partial charge in [0.15, 0.2) is 0 Å². The van der Waals surface area contributed by atoms with E-state index in [-0.39, 0.29) is 11.3 Å². The molecule has 3 nitrogen and oxygen atoms in total. The number of sulfonamides is 1. The van der Waals surface area contributed by atoms with Crippen molar-refractivity contribution in [1.82, 2.24) is 4.72 Å². The van der Waals surface area contributed by atoms with Gasteiger partial charge >= 0.3 is 0 Å². The van der Waals surface area contributed by atoms with Crippen molar-refractivity contribution in [3.63, 3.8) is 0 Å². The van der Waals surface area contributed by atoms with Gasteiger partial charge in [0.2, 0.25) is 10.0 Å². The predicted octanol–water partition coefficient (Wildman–Crippen LogP) is 3.26. The van der Waals surface area contributed by atoms with Crippen LogP contribution in [0.1, 0.15) is 44.6 Å². The van der Waals surface area contributed by atoms with Gasteiger partial charge in [0.05, 0.1) is 5.25 Å². The summed E-state index contributed by atoms with van der Waals surface area (Å²) in [6, 6.07) is 8.46. The Hall–Kier alpha value is -0.140. The zero-order chi connectivity index (χ0) is 14.0. The van der Waals surface area contributed by atoms with E-state index >= 15 is 0 Å². The van der Waals surface area contributed by atoms with Crippen LogP contribution in [-0.4, -0.2) is 19.7 Å². The minimum atomic E-state index is -3.18. The monoisotopic (exact) mass is 393 g/mol. The normalized spacial score (nSPS) is 24.0. The number of hydrogen-bond donors (Lipinski definition) is 1. The molecule has 0 unspecified atom stereocenters. The molecule has 2 rings (SSSR count). The van der Waals surface area contributed by atoms with Gasteiger partial charge in [0.25, 0.3) is 0 Å². The Morgan fingerprint density at radius 3 is 2.42 bits per heavy atom. The highest BCUT2D eigenvalue weighted by Crippen LogP contribution is 2.35. The van der Waals surface area contributed by atoms with Crippen molar-refractivity contribution in [2.75, 3.05) is 0 Å². The maximum absolute atomic E-state index is 12.0. The SMILES string of the molecule is CC(C)S(=O)(=O)N[C@@H]1CCC[C@H]1c1ccc(I)cc1. The topological polar surface area (TPSA) is 46.2 Å². The first kappa shape index (κ1) is 15.3. The molecule has 0 spiro atoms. The smallest absolute Gasteiger partial charge is 0.212 e. The van der Waals surface area contributed by atoms with Crippen LogP contribution in [0, 0.1) is 3.57 Å². The maximum Gasteiger partial charge on any atom is 0.214 e. The number of nitrogens with one attached hydrogen (secondary N) is 1. The molecule has 0 aromatic heterocycles. The molecule has 2 atom stereocenters. The molecule has 0 bridgehead atoms. The third-order valence-corrected chi connectivity index (χ3v) is 6.34. The van der Waals surface area contributed by atoms with Crippen LogP contribution < -0.4 is 4.72 Å². The van der Waals surface area contributed by atoms with Crippen LogP contribution in [0.2, 0.25) is 0 Å². The van der Waals surface area contributed by atoms with Crippen LogP contribution in [0.3, 0.4) is 0 Å². The van der Waals surface area contributed by atoms with Crippen LogP contribution in [-0.2, 0) is 10.0 Å². The van der Waals surface area contributed by atoms with Gasteiger partial charge in [-0.1, -0.05) is 18.6 Å². The number of benzene rings is 1. The summed E-state index contributed by atoms with van der Waals surface area (Å²) in [4.78, 5) is 0. The van der Waals surface area contributed by atoms with Gasteiger partial charge in [-0.3, -0.25) is 0 Å². The second kappa shape index (κ2) is 6.10. The summed E-state index contributed by atoms with van der Waals surface area (Å²) in [5.41, 5.74) is 1.24. The van der Waals surface area contributed by atoms with E-state index in [0.717, 1.165) is 19.3 Å². The fraction of sp³-hybridized carbons (Fsp3) is 0.571. The van der Waals surface area contributed by atoms with Gasteiger partial charge in [-0.05, 0) is 67.0 Å². The number of hydrogen-bond acceptors (Lipinski definition) is 2. The fourth-order valence-electron chi connectivity index (χ4n) is 2.56. The van der Waals surface area contributed by atoms with E-state index in [2.05, 4.69) is 51.6 Å². The third-order valence-electron chi connectivity index (χ3n) is 3.75. The lowest BCUT2D eigenvalue weighted by Gasteiger charge is -2.22. The molecular weight excluding hydrogens is 373 g/mol. The zero-order valence-corrected chi connectivity index (χ0v) is 14.2. The van der Waals surface area contributed by atoms with Crippen molar-refractivity contribution in [2.24, 2.45) is 0 Å². The van der Waals surface area contributed by atoms with Crippen LogP contribution >= 0.6 is 22.6 Å². The molecule has 1 N–H and O–H groups in total. The Bertz CT molecular complexity index is 525. The van der Waals surface area contributed by atoms with E-state index in [1.807, 2.05) is 0 Å². The molecule has 1 aromatic carbocycles. The van der Waals surface area contributed by atoms with E-state index in [1.54, 1.807) is 13.8 Å². The van der Waals surface area contributed by atoms with Crippen LogP contribution in [0.4, 0.5) is 0 Å². The van der Waals surface area contributed by atoms with E-state index in [4.69, 9.17) is 0 Å². The van der Waals surface area contributed by atoms with E-state index in [9.17, 15) is 8.42 Å². The summed E-state index contributed by atoms with van der Waals surface area (Å²) < 4.78 is 28.1. The second-order valence-corrected chi connectivity index (χ2v) is 8.92. The van der Waals surface area contributed by atoms with E-state index < -0.39 is 10.0 Å². The first-order chi connectivity index (χ1) is 8.90. The molecule has 0 heterocycles. The maximum atomic E-state index is 12.0. The summed E-state index contributed by atoms with van der Waals surface area (Å²) in [6.07, 6.45) is 3.08. The highest BCUT2D eigenvalue weighted by atomic mass is 127. The largest absolute Gasteiger partial charge is 0.214 e. The Balaban J connectivity index is 2.15. The molecule has 106 valence electrons. The van der Waals surface area contributed by atoms with Crippen LogP contribution in [0.25, 0.3) is 0 Å². The van der Waals surface area contributed by atoms with Gasteiger partial charge in [-0.2, -0.15) is 0 Å². The summed E-state index contributed by atoms with van der Waals surface area (Å²) in [6.45, 7) is 3.44. The van der Waals surface area contributed by atoms with Crippen molar-refractivity contribution >= 4 is 32.6 Å². The second-order valence-electron chi connectivity index (χ2n) is 5.41. The van der Waals surface area contributed by atoms with Crippen molar-refractivity contribution in [2.45, 2.75) is 50.3 Å². The minimum Gasteiger partial charge on any atom is -0.212 e. The average molecular weight is 393 g/mol. The fourth-order valence-corrected chi connectivity index (χ4v) is 3.89. The molecule has 0 radical (unpaired) electrons. The Labute approximate surface area is 129 Å². The molecule has 1 saturated carbocycles. The van der Waals surface area contributed by atoms with Crippen molar-refractivity contribution in [1.29, 1.82) is 0 Å². The lowest BCUT2D eigenvalue weighted by molar-refractivity contribution is 0.519. The molecule has 19 heavy (non-hydrogen) atoms. The molecule has 0 amide bonds. The van der Waals surface area contributed by atoms with Gasteiger partial charge in [0, 0.05) is 15.5 Å². The lowest BCUT2D eigenvalue weighted by atomic mass is 9.95. The Kier molecular flexibility index (Phi) is 4.89. The Morgan fingerprint density at radius 1 is 1.21 bits per heavy atom. The highest BCUT2D eigenvalue weighted by molar-refractivity contribution is 14.1. The lowest BCUT2D eigenvalue weighted by Crippen LogP contribution is -2.40. The standard InChI is InChI=1S/C14H20INO2S/c1-10(2)19(17,18)16-14-5-3-4-13(14)11-6-8-12(15)9-7-11/h6-10,13-14,16H,3-5H2,1-2H3/t13-,14+/m0/s1. The van der Waals surface area contributed by atoms with Crippen molar-refractivity contribution in [3.05, 3.63) is 33.4 Å². The minimum absolute atomic E-state index is 0.0486. The zero-order valence-electron chi connectivity index (χ0n) is 11.3. The van der Waals surface area contributed by atoms with Crippen LogP contribution in [0.15, 0.2) is 24.3 Å². The molecular formula is C14H20INO2S. The predicted molar refractivity (Wildman–Crippen MR) is 86.7 cm³/mol. The number of rotatable bonds is 4.